The van der Waals surface area contributed by atoms with Gasteiger partial charge in [0.25, 0.3) is 11.8 Å². The lowest BCUT2D eigenvalue weighted by Gasteiger charge is -2.27. The van der Waals surface area contributed by atoms with Crippen molar-refractivity contribution in [3.8, 4) is 0 Å². The Labute approximate surface area is 143 Å². The summed E-state index contributed by atoms with van der Waals surface area (Å²) in [6, 6.07) is 0. The number of amides is 3. The number of hydrogen-bond acceptors (Lipinski definition) is 5. The summed E-state index contributed by atoms with van der Waals surface area (Å²) >= 11 is 0. The number of nitrogens with one attached hydrogen (secondary N) is 1. The van der Waals surface area contributed by atoms with Crippen molar-refractivity contribution in [2.24, 2.45) is 0 Å². The minimum Gasteiger partial charge on any atom is -0.379 e. The van der Waals surface area contributed by atoms with Crippen molar-refractivity contribution in [3.63, 3.8) is 0 Å². The Balaban J connectivity index is 2.14. The number of ether oxygens (including phenoxy) is 2. The third kappa shape index (κ3) is 7.23. The third-order valence-electron chi connectivity index (χ3n) is 3.85. The molecule has 3 amide bonds. The van der Waals surface area contributed by atoms with Crippen LogP contribution in [0.3, 0.4) is 0 Å². The Morgan fingerprint density at radius 2 is 1.92 bits per heavy atom. The molecule has 1 N–H and O–H groups in total. The molecule has 0 saturated heterocycles. The molecular formula is C17H28N2O5. The maximum atomic E-state index is 11.8. The minimum atomic E-state index is -0.364. The van der Waals surface area contributed by atoms with Crippen LogP contribution in [-0.4, -0.2) is 61.1 Å². The van der Waals surface area contributed by atoms with Gasteiger partial charge in [0.15, 0.2) is 0 Å². The van der Waals surface area contributed by atoms with Gasteiger partial charge in [-0.3, -0.25) is 19.3 Å². The molecular weight excluding hydrogens is 312 g/mol. The van der Waals surface area contributed by atoms with E-state index in [0.29, 0.717) is 13.2 Å². The van der Waals surface area contributed by atoms with Crippen molar-refractivity contribution >= 4 is 17.7 Å². The standard InChI is InChI=1S/C17H28N2O5/c1-13(23-4)12-24-17(2,3)9-5-10-18-14(20)8-11-19-15(21)6-7-16(19)22/h6-7,13H,5,8-12H2,1-4H3,(H,18,20). The molecule has 0 aromatic carbocycles. The number of imide groups is 1. The second kappa shape index (κ2) is 9.54. The molecule has 0 aromatic heterocycles. The van der Waals surface area contributed by atoms with E-state index in [-0.39, 0.29) is 42.4 Å². The average Bonchev–Trinajstić information content (AvgIpc) is 2.86. The maximum Gasteiger partial charge on any atom is 0.253 e. The number of nitrogens with zero attached hydrogens (tertiary/aromatic N) is 1. The number of methoxy groups -OCH3 is 1. The second-order valence-corrected chi connectivity index (χ2v) is 6.48. The van der Waals surface area contributed by atoms with Gasteiger partial charge < -0.3 is 14.8 Å². The molecule has 136 valence electrons. The van der Waals surface area contributed by atoms with Crippen LogP contribution in [0.4, 0.5) is 0 Å². The highest BCUT2D eigenvalue weighted by molar-refractivity contribution is 6.13. The molecule has 7 nitrogen and oxygen atoms in total. The Kier molecular flexibility index (Phi) is 8.07. The van der Waals surface area contributed by atoms with Crippen LogP contribution in [-0.2, 0) is 23.9 Å². The van der Waals surface area contributed by atoms with Gasteiger partial charge in [0.2, 0.25) is 5.91 Å². The fourth-order valence-corrected chi connectivity index (χ4v) is 2.18. The number of carbonyl (C=O) groups excluding carboxylic acids is 3. The quantitative estimate of drug-likeness (QED) is 0.448. The molecule has 1 atom stereocenters. The highest BCUT2D eigenvalue weighted by atomic mass is 16.5. The van der Waals surface area contributed by atoms with Crippen molar-refractivity contribution in [1.29, 1.82) is 0 Å². The summed E-state index contributed by atoms with van der Waals surface area (Å²) < 4.78 is 11.0. The summed E-state index contributed by atoms with van der Waals surface area (Å²) in [6.45, 7) is 7.14. The van der Waals surface area contributed by atoms with Crippen LogP contribution >= 0.6 is 0 Å². The van der Waals surface area contributed by atoms with Gasteiger partial charge >= 0.3 is 0 Å². The molecule has 7 heteroatoms. The lowest BCUT2D eigenvalue weighted by molar-refractivity contribution is -0.137. The van der Waals surface area contributed by atoms with Gasteiger partial charge in [-0.15, -0.1) is 0 Å². The summed E-state index contributed by atoms with van der Waals surface area (Å²) in [5, 5.41) is 2.80. The Hall–Kier alpha value is -1.73. The number of rotatable bonds is 11. The Bertz CT molecular complexity index is 469. The van der Waals surface area contributed by atoms with Crippen LogP contribution in [0.2, 0.25) is 0 Å². The molecule has 1 unspecified atom stereocenters. The lowest BCUT2D eigenvalue weighted by atomic mass is 10.0. The van der Waals surface area contributed by atoms with Crippen molar-refractivity contribution in [2.45, 2.75) is 51.7 Å². The van der Waals surface area contributed by atoms with Gasteiger partial charge in [-0.1, -0.05) is 0 Å². The summed E-state index contributed by atoms with van der Waals surface area (Å²) in [4.78, 5) is 35.6. The fourth-order valence-electron chi connectivity index (χ4n) is 2.18. The minimum absolute atomic E-state index is 0.0504. The zero-order chi connectivity index (χ0) is 18.2. The van der Waals surface area contributed by atoms with Gasteiger partial charge in [-0.25, -0.2) is 0 Å². The zero-order valence-corrected chi connectivity index (χ0v) is 15.0. The molecule has 0 aromatic rings. The summed E-state index contributed by atoms with van der Waals surface area (Å²) in [5.41, 5.74) is -0.280. The topological polar surface area (TPSA) is 84.9 Å². The second-order valence-electron chi connectivity index (χ2n) is 6.48. The van der Waals surface area contributed by atoms with Crippen LogP contribution in [0.5, 0.6) is 0 Å². The first-order chi connectivity index (χ1) is 11.2. The van der Waals surface area contributed by atoms with Crippen molar-refractivity contribution < 1.29 is 23.9 Å². The molecule has 1 aliphatic heterocycles. The molecule has 1 rings (SSSR count). The van der Waals surface area contributed by atoms with Gasteiger partial charge in [0, 0.05) is 38.8 Å². The molecule has 0 fully saturated rings. The van der Waals surface area contributed by atoms with E-state index in [1.54, 1.807) is 7.11 Å². The monoisotopic (exact) mass is 340 g/mol. The molecule has 0 bridgehead atoms. The summed E-state index contributed by atoms with van der Waals surface area (Å²) in [5.74, 6) is -0.900. The third-order valence-corrected chi connectivity index (χ3v) is 3.85. The lowest BCUT2D eigenvalue weighted by Crippen LogP contribution is -2.35. The normalized spacial score (nSPS) is 15.9. The van der Waals surface area contributed by atoms with E-state index < -0.39 is 0 Å². The first-order valence-corrected chi connectivity index (χ1v) is 8.22. The molecule has 0 saturated carbocycles. The van der Waals surface area contributed by atoms with Crippen LogP contribution < -0.4 is 5.32 Å². The number of carbonyl (C=O) groups is 3. The summed E-state index contributed by atoms with van der Waals surface area (Å²) in [7, 11) is 1.65. The van der Waals surface area contributed by atoms with Crippen LogP contribution in [0.25, 0.3) is 0 Å². The van der Waals surface area contributed by atoms with E-state index >= 15 is 0 Å². The largest absolute Gasteiger partial charge is 0.379 e. The van der Waals surface area contributed by atoms with Gasteiger partial charge in [-0.05, 0) is 33.6 Å². The molecule has 0 radical (unpaired) electrons. The Morgan fingerprint density at radius 1 is 1.29 bits per heavy atom. The summed E-state index contributed by atoms with van der Waals surface area (Å²) in [6.07, 6.45) is 4.18. The van der Waals surface area contributed by atoms with Crippen molar-refractivity contribution in [2.75, 3.05) is 26.8 Å². The fraction of sp³-hybridized carbons (Fsp3) is 0.706. The Morgan fingerprint density at radius 3 is 2.50 bits per heavy atom. The first-order valence-electron chi connectivity index (χ1n) is 8.22. The van der Waals surface area contributed by atoms with E-state index in [4.69, 9.17) is 9.47 Å². The predicted octanol–water partition coefficient (Wildman–Crippen LogP) is 1.03. The smallest absolute Gasteiger partial charge is 0.253 e. The van der Waals surface area contributed by atoms with Crippen LogP contribution in [0, 0.1) is 0 Å². The predicted molar refractivity (Wildman–Crippen MR) is 89.2 cm³/mol. The SMILES string of the molecule is COC(C)COC(C)(C)CCCNC(=O)CCN1C(=O)C=CC1=O. The van der Waals surface area contributed by atoms with Gasteiger partial charge in [-0.2, -0.15) is 0 Å². The van der Waals surface area contributed by atoms with Gasteiger partial charge in [0.05, 0.1) is 18.3 Å². The molecule has 0 spiro atoms. The molecule has 1 heterocycles. The number of hydrogen-bond donors (Lipinski definition) is 1. The van der Waals surface area contributed by atoms with E-state index in [1.807, 2.05) is 20.8 Å². The van der Waals surface area contributed by atoms with Crippen molar-refractivity contribution in [3.05, 3.63) is 12.2 Å². The van der Waals surface area contributed by atoms with Crippen LogP contribution in [0.1, 0.15) is 40.0 Å². The molecule has 0 aliphatic carbocycles. The van der Waals surface area contributed by atoms with E-state index in [0.717, 1.165) is 17.7 Å². The van der Waals surface area contributed by atoms with Crippen LogP contribution in [0.15, 0.2) is 12.2 Å². The maximum absolute atomic E-state index is 11.8. The molecule has 24 heavy (non-hydrogen) atoms. The highest BCUT2D eigenvalue weighted by Crippen LogP contribution is 2.17. The van der Waals surface area contributed by atoms with Gasteiger partial charge in [0.1, 0.15) is 0 Å². The van der Waals surface area contributed by atoms with E-state index in [9.17, 15) is 14.4 Å². The molecule has 1 aliphatic rings. The van der Waals surface area contributed by atoms with Crippen molar-refractivity contribution in [1.82, 2.24) is 10.2 Å². The van der Waals surface area contributed by atoms with E-state index in [1.165, 1.54) is 12.2 Å². The zero-order valence-electron chi connectivity index (χ0n) is 15.0. The highest BCUT2D eigenvalue weighted by Gasteiger charge is 2.23. The average molecular weight is 340 g/mol. The van der Waals surface area contributed by atoms with E-state index in [2.05, 4.69) is 5.32 Å². The first kappa shape index (κ1) is 20.3.